The summed E-state index contributed by atoms with van der Waals surface area (Å²) in [5.41, 5.74) is 0.613. The van der Waals surface area contributed by atoms with Gasteiger partial charge in [0.05, 0.1) is 23.3 Å². The van der Waals surface area contributed by atoms with Crippen molar-refractivity contribution in [2.45, 2.75) is 39.4 Å². The monoisotopic (exact) mass is 272 g/mol. The van der Waals surface area contributed by atoms with Crippen molar-refractivity contribution in [2.24, 2.45) is 0 Å². The number of hydrogen-bond donors (Lipinski definition) is 1. The molecular weight excluding hydrogens is 252 g/mol. The van der Waals surface area contributed by atoms with Crippen LogP contribution < -0.4 is 4.74 Å². The van der Waals surface area contributed by atoms with Gasteiger partial charge in [-0.25, -0.2) is 0 Å². The van der Waals surface area contributed by atoms with Gasteiger partial charge in [0.25, 0.3) is 0 Å². The molecule has 3 nitrogen and oxygen atoms in total. The molecule has 0 aliphatic rings. The number of halogens is 1. The molecule has 1 aromatic rings. The van der Waals surface area contributed by atoms with Crippen LogP contribution in [0.25, 0.3) is 0 Å². The Morgan fingerprint density at radius 3 is 2.44 bits per heavy atom. The number of ether oxygens (including phenoxy) is 2. The summed E-state index contributed by atoms with van der Waals surface area (Å²) in [6.07, 6.45) is -0.527. The normalized spacial score (nSPS) is 13.4. The van der Waals surface area contributed by atoms with Crippen LogP contribution in [-0.2, 0) is 4.74 Å². The first-order valence-electron chi connectivity index (χ1n) is 6.04. The van der Waals surface area contributed by atoms with Gasteiger partial charge >= 0.3 is 0 Å². The largest absolute Gasteiger partial charge is 0.490 e. The van der Waals surface area contributed by atoms with Crippen LogP contribution in [0.3, 0.4) is 0 Å². The zero-order valence-electron chi connectivity index (χ0n) is 11.4. The SMILES string of the molecule is C[C@H](O)c1ccc(OCCOC(C)(C)C)c(Cl)c1. The zero-order chi connectivity index (χ0) is 13.8. The lowest BCUT2D eigenvalue weighted by atomic mass is 10.1. The second kappa shape index (κ2) is 6.41. The van der Waals surface area contributed by atoms with Gasteiger partial charge in [-0.3, -0.25) is 0 Å². The third-order valence-electron chi connectivity index (χ3n) is 2.31. The number of aliphatic hydroxyl groups excluding tert-OH is 1. The summed E-state index contributed by atoms with van der Waals surface area (Å²) in [6, 6.07) is 5.28. The smallest absolute Gasteiger partial charge is 0.138 e. The molecule has 0 radical (unpaired) electrons. The standard InChI is InChI=1S/C14H21ClO3/c1-10(16)11-5-6-13(12(15)9-11)17-7-8-18-14(2,3)4/h5-6,9-10,16H,7-8H2,1-4H3/t10-/m0/s1. The molecule has 0 aliphatic carbocycles. The van der Waals surface area contributed by atoms with Gasteiger partial charge in [0, 0.05) is 0 Å². The van der Waals surface area contributed by atoms with E-state index < -0.39 is 6.10 Å². The van der Waals surface area contributed by atoms with Gasteiger partial charge in [-0.05, 0) is 45.4 Å². The van der Waals surface area contributed by atoms with Crippen LogP contribution in [0, 0.1) is 0 Å². The lowest BCUT2D eigenvalue weighted by Crippen LogP contribution is -2.22. The highest BCUT2D eigenvalue weighted by Crippen LogP contribution is 2.27. The summed E-state index contributed by atoms with van der Waals surface area (Å²) in [7, 11) is 0. The molecule has 102 valence electrons. The summed E-state index contributed by atoms with van der Waals surface area (Å²) in [4.78, 5) is 0. The first kappa shape index (κ1) is 15.3. The molecule has 1 rings (SSSR count). The first-order valence-corrected chi connectivity index (χ1v) is 6.41. The van der Waals surface area contributed by atoms with Crippen molar-refractivity contribution in [3.8, 4) is 5.75 Å². The topological polar surface area (TPSA) is 38.7 Å². The van der Waals surface area contributed by atoms with E-state index in [9.17, 15) is 5.11 Å². The number of aliphatic hydroxyl groups is 1. The Labute approximate surface area is 114 Å². The van der Waals surface area contributed by atoms with Gasteiger partial charge in [0.1, 0.15) is 12.4 Å². The van der Waals surface area contributed by atoms with Gasteiger partial charge in [0.15, 0.2) is 0 Å². The summed E-state index contributed by atoms with van der Waals surface area (Å²) in [6.45, 7) is 8.65. The summed E-state index contributed by atoms with van der Waals surface area (Å²) >= 11 is 6.07. The minimum absolute atomic E-state index is 0.163. The van der Waals surface area contributed by atoms with Crippen LogP contribution in [0.1, 0.15) is 39.4 Å². The molecule has 1 N–H and O–H groups in total. The fourth-order valence-electron chi connectivity index (χ4n) is 1.39. The maximum atomic E-state index is 9.42. The fourth-order valence-corrected chi connectivity index (χ4v) is 1.64. The van der Waals surface area contributed by atoms with Crippen LogP contribution in [0.4, 0.5) is 0 Å². The van der Waals surface area contributed by atoms with Crippen LogP contribution in [-0.4, -0.2) is 23.9 Å². The van der Waals surface area contributed by atoms with E-state index in [4.69, 9.17) is 21.1 Å². The first-order chi connectivity index (χ1) is 8.29. The average molecular weight is 273 g/mol. The lowest BCUT2D eigenvalue weighted by Gasteiger charge is -2.19. The van der Waals surface area contributed by atoms with E-state index in [2.05, 4.69) is 0 Å². The minimum atomic E-state index is -0.527. The third kappa shape index (κ3) is 5.25. The predicted molar refractivity (Wildman–Crippen MR) is 73.3 cm³/mol. The molecule has 0 aliphatic heterocycles. The molecule has 4 heteroatoms. The summed E-state index contributed by atoms with van der Waals surface area (Å²) < 4.78 is 11.1. The van der Waals surface area contributed by atoms with Crippen LogP contribution in [0.15, 0.2) is 18.2 Å². The molecule has 0 saturated carbocycles. The van der Waals surface area contributed by atoms with E-state index in [1.165, 1.54) is 0 Å². The van der Waals surface area contributed by atoms with E-state index in [1.807, 2.05) is 20.8 Å². The van der Waals surface area contributed by atoms with Crippen molar-refractivity contribution in [2.75, 3.05) is 13.2 Å². The van der Waals surface area contributed by atoms with Crippen molar-refractivity contribution in [3.05, 3.63) is 28.8 Å². The number of hydrogen-bond acceptors (Lipinski definition) is 3. The molecule has 0 fully saturated rings. The molecule has 18 heavy (non-hydrogen) atoms. The van der Waals surface area contributed by atoms with Crippen molar-refractivity contribution in [1.82, 2.24) is 0 Å². The van der Waals surface area contributed by atoms with Crippen LogP contribution >= 0.6 is 11.6 Å². The van der Waals surface area contributed by atoms with Crippen molar-refractivity contribution >= 4 is 11.6 Å². The highest BCUT2D eigenvalue weighted by atomic mass is 35.5. The Bertz CT molecular complexity index is 383. The Morgan fingerprint density at radius 1 is 1.28 bits per heavy atom. The van der Waals surface area contributed by atoms with E-state index in [1.54, 1.807) is 25.1 Å². The molecule has 0 aromatic heterocycles. The van der Waals surface area contributed by atoms with Crippen LogP contribution in [0.2, 0.25) is 5.02 Å². The molecule has 1 atom stereocenters. The lowest BCUT2D eigenvalue weighted by molar-refractivity contribution is -0.0162. The Kier molecular flexibility index (Phi) is 5.45. The van der Waals surface area contributed by atoms with Crippen molar-refractivity contribution in [3.63, 3.8) is 0 Å². The quantitative estimate of drug-likeness (QED) is 0.833. The van der Waals surface area contributed by atoms with Gasteiger partial charge in [0.2, 0.25) is 0 Å². The Balaban J connectivity index is 2.48. The predicted octanol–water partition coefficient (Wildman–Crippen LogP) is 3.59. The Hall–Kier alpha value is -0.770. The molecule has 1 aromatic carbocycles. The molecular formula is C14H21ClO3. The zero-order valence-corrected chi connectivity index (χ0v) is 12.1. The number of rotatable bonds is 5. The number of benzene rings is 1. The van der Waals surface area contributed by atoms with E-state index in [0.29, 0.717) is 24.0 Å². The van der Waals surface area contributed by atoms with Gasteiger partial charge in [-0.2, -0.15) is 0 Å². The molecule has 0 heterocycles. The second-order valence-electron chi connectivity index (χ2n) is 5.18. The minimum Gasteiger partial charge on any atom is -0.490 e. The maximum Gasteiger partial charge on any atom is 0.138 e. The average Bonchev–Trinajstić information content (AvgIpc) is 2.24. The van der Waals surface area contributed by atoms with Crippen molar-refractivity contribution in [1.29, 1.82) is 0 Å². The second-order valence-corrected chi connectivity index (χ2v) is 5.58. The highest BCUT2D eigenvalue weighted by molar-refractivity contribution is 6.32. The van der Waals surface area contributed by atoms with Gasteiger partial charge < -0.3 is 14.6 Å². The molecule has 0 bridgehead atoms. The fraction of sp³-hybridized carbons (Fsp3) is 0.571. The van der Waals surface area contributed by atoms with E-state index in [-0.39, 0.29) is 5.60 Å². The highest BCUT2D eigenvalue weighted by Gasteiger charge is 2.10. The summed E-state index contributed by atoms with van der Waals surface area (Å²) in [5.74, 6) is 0.610. The van der Waals surface area contributed by atoms with Gasteiger partial charge in [-0.15, -0.1) is 0 Å². The maximum absolute atomic E-state index is 9.42. The molecule has 0 spiro atoms. The molecule has 0 amide bonds. The van der Waals surface area contributed by atoms with Crippen molar-refractivity contribution < 1.29 is 14.6 Å². The summed E-state index contributed by atoms with van der Waals surface area (Å²) in [5, 5.41) is 9.93. The molecule has 0 saturated heterocycles. The van der Waals surface area contributed by atoms with E-state index in [0.717, 1.165) is 5.56 Å². The molecule has 0 unspecified atom stereocenters. The van der Waals surface area contributed by atoms with E-state index >= 15 is 0 Å². The Morgan fingerprint density at radius 2 is 1.94 bits per heavy atom. The van der Waals surface area contributed by atoms with Gasteiger partial charge in [-0.1, -0.05) is 17.7 Å². The third-order valence-corrected chi connectivity index (χ3v) is 2.61. The van der Waals surface area contributed by atoms with Crippen LogP contribution in [0.5, 0.6) is 5.75 Å².